The van der Waals surface area contributed by atoms with Crippen molar-refractivity contribution in [2.24, 2.45) is 5.92 Å². The number of aromatic nitrogens is 1. The fraction of sp³-hybridized carbons (Fsp3) is 0.778. The fourth-order valence-electron chi connectivity index (χ4n) is 4.15. The summed E-state index contributed by atoms with van der Waals surface area (Å²) in [6.07, 6.45) is 3.87. The Kier molecular flexibility index (Phi) is 4.35. The minimum Gasteiger partial charge on any atom is -0.445 e. The molecule has 0 spiro atoms. The van der Waals surface area contributed by atoms with Crippen LogP contribution in [0.25, 0.3) is 0 Å². The SMILES string of the molecule is CC(C)c1nc2c(o1)CCN(C(=O)[C@H]1CC[C@H]3OCCN[C@@H]3C1)C2. The summed E-state index contributed by atoms with van der Waals surface area (Å²) in [4.78, 5) is 19.6. The summed E-state index contributed by atoms with van der Waals surface area (Å²) in [7, 11) is 0. The highest BCUT2D eigenvalue weighted by Gasteiger charge is 2.38. The molecular formula is C18H27N3O3. The Labute approximate surface area is 142 Å². The Balaban J connectivity index is 1.41. The molecule has 3 atom stereocenters. The van der Waals surface area contributed by atoms with Gasteiger partial charge in [-0.3, -0.25) is 4.79 Å². The topological polar surface area (TPSA) is 67.6 Å². The van der Waals surface area contributed by atoms with E-state index in [1.165, 1.54) is 0 Å². The van der Waals surface area contributed by atoms with Crippen LogP contribution >= 0.6 is 0 Å². The van der Waals surface area contributed by atoms with Crippen LogP contribution in [0.4, 0.5) is 0 Å². The zero-order chi connectivity index (χ0) is 16.7. The Morgan fingerprint density at radius 2 is 2.25 bits per heavy atom. The molecule has 2 fully saturated rings. The van der Waals surface area contributed by atoms with Crippen LogP contribution < -0.4 is 5.32 Å². The first-order valence-electron chi connectivity index (χ1n) is 9.24. The Morgan fingerprint density at radius 1 is 1.38 bits per heavy atom. The summed E-state index contributed by atoms with van der Waals surface area (Å²) in [5, 5.41) is 3.52. The van der Waals surface area contributed by atoms with Crippen LogP contribution in [0, 0.1) is 5.92 Å². The van der Waals surface area contributed by atoms with E-state index in [9.17, 15) is 4.79 Å². The third-order valence-corrected chi connectivity index (χ3v) is 5.53. The second-order valence-corrected chi connectivity index (χ2v) is 7.57. The minimum absolute atomic E-state index is 0.110. The van der Waals surface area contributed by atoms with E-state index in [0.29, 0.717) is 18.7 Å². The number of nitrogens with zero attached hydrogens (tertiary/aromatic N) is 2. The van der Waals surface area contributed by atoms with E-state index in [2.05, 4.69) is 24.1 Å². The van der Waals surface area contributed by atoms with Crippen molar-refractivity contribution < 1.29 is 13.9 Å². The van der Waals surface area contributed by atoms with E-state index in [1.54, 1.807) is 0 Å². The van der Waals surface area contributed by atoms with Crippen molar-refractivity contribution in [2.75, 3.05) is 19.7 Å². The maximum atomic E-state index is 13.0. The first-order chi connectivity index (χ1) is 11.6. The molecule has 0 unspecified atom stereocenters. The maximum absolute atomic E-state index is 13.0. The molecule has 0 radical (unpaired) electrons. The largest absolute Gasteiger partial charge is 0.445 e. The van der Waals surface area contributed by atoms with Gasteiger partial charge in [-0.05, 0) is 19.3 Å². The van der Waals surface area contributed by atoms with Crippen LogP contribution in [-0.4, -0.2) is 47.6 Å². The van der Waals surface area contributed by atoms with Crippen molar-refractivity contribution in [2.45, 2.75) is 64.1 Å². The lowest BCUT2D eigenvalue weighted by Gasteiger charge is -2.40. The Bertz CT molecular complexity index is 613. The van der Waals surface area contributed by atoms with E-state index in [4.69, 9.17) is 9.15 Å². The van der Waals surface area contributed by atoms with Gasteiger partial charge >= 0.3 is 0 Å². The molecule has 1 saturated carbocycles. The zero-order valence-corrected chi connectivity index (χ0v) is 14.6. The molecule has 24 heavy (non-hydrogen) atoms. The van der Waals surface area contributed by atoms with Gasteiger partial charge in [0, 0.05) is 37.4 Å². The molecule has 1 aromatic rings. The number of oxazole rings is 1. The van der Waals surface area contributed by atoms with Crippen molar-refractivity contribution in [1.82, 2.24) is 15.2 Å². The molecule has 1 amide bonds. The number of fused-ring (bicyclic) bond motifs is 2. The van der Waals surface area contributed by atoms with Crippen LogP contribution in [0.1, 0.15) is 56.4 Å². The molecule has 6 heteroatoms. The van der Waals surface area contributed by atoms with Crippen LogP contribution in [0.5, 0.6) is 0 Å². The highest BCUT2D eigenvalue weighted by atomic mass is 16.5. The molecule has 3 heterocycles. The van der Waals surface area contributed by atoms with Crippen molar-refractivity contribution in [3.63, 3.8) is 0 Å². The van der Waals surface area contributed by atoms with E-state index in [0.717, 1.165) is 62.7 Å². The average molecular weight is 333 g/mol. The second-order valence-electron chi connectivity index (χ2n) is 7.57. The molecule has 1 N–H and O–H groups in total. The van der Waals surface area contributed by atoms with Crippen LogP contribution in [0.3, 0.4) is 0 Å². The van der Waals surface area contributed by atoms with E-state index in [1.807, 2.05) is 4.90 Å². The number of ether oxygens (including phenoxy) is 1. The number of hydrogen-bond donors (Lipinski definition) is 1. The summed E-state index contributed by atoms with van der Waals surface area (Å²) in [6, 6.07) is 0.335. The molecule has 2 aliphatic heterocycles. The van der Waals surface area contributed by atoms with Crippen molar-refractivity contribution in [3.05, 3.63) is 17.3 Å². The molecule has 1 saturated heterocycles. The number of hydrogen-bond acceptors (Lipinski definition) is 5. The molecule has 1 aromatic heterocycles. The lowest BCUT2D eigenvalue weighted by molar-refractivity contribution is -0.140. The third-order valence-electron chi connectivity index (χ3n) is 5.53. The molecule has 0 aromatic carbocycles. The highest BCUT2D eigenvalue weighted by Crippen LogP contribution is 2.31. The molecule has 1 aliphatic carbocycles. The smallest absolute Gasteiger partial charge is 0.226 e. The minimum atomic E-state index is 0.110. The number of morpholine rings is 1. The number of amides is 1. The summed E-state index contributed by atoms with van der Waals surface area (Å²) in [5.41, 5.74) is 0.950. The molecule has 6 nitrogen and oxygen atoms in total. The predicted octanol–water partition coefficient (Wildman–Crippen LogP) is 1.84. The molecule has 3 aliphatic rings. The standard InChI is InChI=1S/C18H27N3O3/c1-11(2)17-20-14-10-21(7-5-16(14)24-17)18(22)12-3-4-15-13(9-12)19-6-8-23-15/h11-13,15,19H,3-10H2,1-2H3/t12-,13+,15+/m0/s1. The number of carbonyl (C=O) groups is 1. The number of nitrogens with one attached hydrogen (secondary N) is 1. The second kappa shape index (κ2) is 6.48. The van der Waals surface area contributed by atoms with Gasteiger partial charge < -0.3 is 19.4 Å². The van der Waals surface area contributed by atoms with Gasteiger partial charge in [0.2, 0.25) is 5.91 Å². The van der Waals surface area contributed by atoms with Crippen molar-refractivity contribution >= 4 is 5.91 Å². The van der Waals surface area contributed by atoms with Gasteiger partial charge in [0.05, 0.1) is 19.3 Å². The van der Waals surface area contributed by atoms with E-state index in [-0.39, 0.29) is 17.7 Å². The monoisotopic (exact) mass is 333 g/mol. The first-order valence-corrected chi connectivity index (χ1v) is 9.24. The summed E-state index contributed by atoms with van der Waals surface area (Å²) >= 11 is 0. The van der Waals surface area contributed by atoms with Gasteiger partial charge in [0.15, 0.2) is 5.89 Å². The summed E-state index contributed by atoms with van der Waals surface area (Å²) in [5.74, 6) is 2.43. The van der Waals surface area contributed by atoms with E-state index < -0.39 is 0 Å². The molecule has 4 rings (SSSR count). The summed E-state index contributed by atoms with van der Waals surface area (Å²) in [6.45, 7) is 7.19. The lowest BCUT2D eigenvalue weighted by atomic mass is 9.82. The average Bonchev–Trinajstić information content (AvgIpc) is 3.04. The Hall–Kier alpha value is -1.40. The zero-order valence-electron chi connectivity index (χ0n) is 14.6. The van der Waals surface area contributed by atoms with Crippen molar-refractivity contribution in [3.8, 4) is 0 Å². The molecular weight excluding hydrogens is 306 g/mol. The number of rotatable bonds is 2. The maximum Gasteiger partial charge on any atom is 0.226 e. The van der Waals surface area contributed by atoms with Gasteiger partial charge in [-0.15, -0.1) is 0 Å². The van der Waals surface area contributed by atoms with Crippen LogP contribution in [0.2, 0.25) is 0 Å². The van der Waals surface area contributed by atoms with E-state index >= 15 is 0 Å². The summed E-state index contributed by atoms with van der Waals surface area (Å²) < 4.78 is 11.7. The third kappa shape index (κ3) is 2.97. The normalized spacial score (nSPS) is 30.1. The Morgan fingerprint density at radius 3 is 3.08 bits per heavy atom. The predicted molar refractivity (Wildman–Crippen MR) is 88.6 cm³/mol. The van der Waals surface area contributed by atoms with Gasteiger partial charge in [-0.1, -0.05) is 13.8 Å². The molecule has 132 valence electrons. The van der Waals surface area contributed by atoms with Gasteiger partial charge in [-0.25, -0.2) is 4.98 Å². The fourth-order valence-corrected chi connectivity index (χ4v) is 4.15. The highest BCUT2D eigenvalue weighted by molar-refractivity contribution is 5.79. The van der Waals surface area contributed by atoms with Crippen molar-refractivity contribution in [1.29, 1.82) is 0 Å². The van der Waals surface area contributed by atoms with Gasteiger partial charge in [0.1, 0.15) is 11.5 Å². The molecule has 0 bridgehead atoms. The van der Waals surface area contributed by atoms with Gasteiger partial charge in [-0.2, -0.15) is 0 Å². The first kappa shape index (κ1) is 16.1. The quantitative estimate of drug-likeness (QED) is 0.894. The number of carbonyl (C=O) groups excluding carboxylic acids is 1. The van der Waals surface area contributed by atoms with Crippen LogP contribution in [0.15, 0.2) is 4.42 Å². The lowest BCUT2D eigenvalue weighted by Crippen LogP contribution is -2.53. The van der Waals surface area contributed by atoms with Crippen LogP contribution in [-0.2, 0) is 22.5 Å². The van der Waals surface area contributed by atoms with Gasteiger partial charge in [0.25, 0.3) is 0 Å².